The zero-order valence-corrected chi connectivity index (χ0v) is 13.6. The monoisotopic (exact) mass is 350 g/mol. The van der Waals surface area contributed by atoms with Crippen LogP contribution < -0.4 is 5.32 Å². The summed E-state index contributed by atoms with van der Waals surface area (Å²) in [5.74, 6) is -4.44. The van der Waals surface area contributed by atoms with Crippen LogP contribution in [0.3, 0.4) is 0 Å². The largest absolute Gasteiger partial charge is 0.478 e. The molecule has 0 saturated carbocycles. The Bertz CT molecular complexity index is 843. The van der Waals surface area contributed by atoms with Crippen LogP contribution in [0.15, 0.2) is 40.7 Å². The van der Waals surface area contributed by atoms with Gasteiger partial charge in [0, 0.05) is 29.1 Å². The zero-order valence-electron chi connectivity index (χ0n) is 13.6. The lowest BCUT2D eigenvalue weighted by Crippen LogP contribution is -2.32. The molecule has 0 saturated heterocycles. The minimum atomic E-state index is -1.38. The Balaban J connectivity index is 2.80. The standard InChI is InChI=1S/C16H15FN2O6/c1-7-12(15(20)21)14(13(8(2)18-7)16(22)25-3)10-6-9(19(23)24)4-5-11(10)17/h4-6,14,18H,1-3H3,(H,20,21). The number of esters is 1. The highest BCUT2D eigenvalue weighted by Gasteiger charge is 2.39. The Morgan fingerprint density at radius 1 is 1.28 bits per heavy atom. The van der Waals surface area contributed by atoms with Gasteiger partial charge in [-0.1, -0.05) is 0 Å². The van der Waals surface area contributed by atoms with Crippen LogP contribution in [0.2, 0.25) is 0 Å². The molecular formula is C16H15FN2O6. The lowest BCUT2D eigenvalue weighted by Gasteiger charge is -2.29. The number of rotatable bonds is 4. The molecule has 0 radical (unpaired) electrons. The van der Waals surface area contributed by atoms with E-state index in [1.807, 2.05) is 0 Å². The maximum atomic E-state index is 14.4. The van der Waals surface area contributed by atoms with Crippen LogP contribution in [0.5, 0.6) is 0 Å². The SMILES string of the molecule is COC(=O)C1=C(C)NC(C)=C(C(=O)O)C1c1cc([N+](=O)[O-])ccc1F. The van der Waals surface area contributed by atoms with E-state index in [-0.39, 0.29) is 28.1 Å². The lowest BCUT2D eigenvalue weighted by molar-refractivity contribution is -0.385. The van der Waals surface area contributed by atoms with E-state index in [1.165, 1.54) is 13.8 Å². The van der Waals surface area contributed by atoms with Crippen LogP contribution in [0.1, 0.15) is 25.3 Å². The second kappa shape index (κ2) is 6.71. The van der Waals surface area contributed by atoms with Crippen LogP contribution in [0.4, 0.5) is 10.1 Å². The molecule has 1 aliphatic heterocycles. The van der Waals surface area contributed by atoms with Crippen molar-refractivity contribution in [2.75, 3.05) is 7.11 Å². The molecule has 9 heteroatoms. The summed E-state index contributed by atoms with van der Waals surface area (Å²) in [4.78, 5) is 34.2. The molecule has 1 atom stereocenters. The van der Waals surface area contributed by atoms with Gasteiger partial charge in [-0.2, -0.15) is 0 Å². The van der Waals surface area contributed by atoms with Crippen LogP contribution in [0.25, 0.3) is 0 Å². The number of methoxy groups -OCH3 is 1. The molecule has 1 aromatic rings. The minimum Gasteiger partial charge on any atom is -0.478 e. The summed E-state index contributed by atoms with van der Waals surface area (Å²) in [7, 11) is 1.11. The summed E-state index contributed by atoms with van der Waals surface area (Å²) in [5.41, 5.74) is -0.625. The Kier molecular flexibility index (Phi) is 4.87. The van der Waals surface area contributed by atoms with Gasteiger partial charge >= 0.3 is 11.9 Å². The Morgan fingerprint density at radius 2 is 1.88 bits per heavy atom. The number of nitrogens with zero attached hydrogens (tertiary/aromatic N) is 1. The molecule has 1 aliphatic rings. The van der Waals surface area contributed by atoms with Crippen molar-refractivity contribution in [3.05, 3.63) is 62.2 Å². The Morgan fingerprint density at radius 3 is 2.40 bits per heavy atom. The van der Waals surface area contributed by atoms with E-state index in [0.29, 0.717) is 0 Å². The highest BCUT2D eigenvalue weighted by molar-refractivity contribution is 5.99. The average molecular weight is 350 g/mol. The number of carbonyl (C=O) groups excluding carboxylic acids is 1. The third-order valence-corrected chi connectivity index (χ3v) is 3.90. The molecule has 25 heavy (non-hydrogen) atoms. The third kappa shape index (κ3) is 3.21. The maximum absolute atomic E-state index is 14.4. The first kappa shape index (κ1) is 18.1. The molecule has 0 aromatic heterocycles. The molecule has 132 valence electrons. The van der Waals surface area contributed by atoms with Crippen LogP contribution in [-0.4, -0.2) is 29.1 Å². The summed E-state index contributed by atoms with van der Waals surface area (Å²) in [5, 5.41) is 23.3. The van der Waals surface area contributed by atoms with E-state index < -0.39 is 34.3 Å². The molecule has 0 fully saturated rings. The smallest absolute Gasteiger partial charge is 0.336 e. The number of ether oxygens (including phenoxy) is 1. The fourth-order valence-electron chi connectivity index (χ4n) is 2.83. The van der Waals surface area contributed by atoms with Crippen molar-refractivity contribution < 1.29 is 28.7 Å². The quantitative estimate of drug-likeness (QED) is 0.485. The highest BCUT2D eigenvalue weighted by Crippen LogP contribution is 2.40. The number of allylic oxidation sites excluding steroid dienone is 2. The van der Waals surface area contributed by atoms with E-state index in [9.17, 15) is 29.2 Å². The Hall–Kier alpha value is -3.23. The van der Waals surface area contributed by atoms with Crippen LogP contribution in [-0.2, 0) is 14.3 Å². The molecule has 1 aromatic carbocycles. The molecular weight excluding hydrogens is 335 g/mol. The summed E-state index contributed by atoms with van der Waals surface area (Å²) >= 11 is 0. The van der Waals surface area contributed by atoms with E-state index in [1.54, 1.807) is 0 Å². The predicted octanol–water partition coefficient (Wildman–Crippen LogP) is 2.23. The molecule has 1 unspecified atom stereocenters. The van der Waals surface area contributed by atoms with Crippen molar-refractivity contribution in [3.63, 3.8) is 0 Å². The number of benzene rings is 1. The first-order valence-corrected chi connectivity index (χ1v) is 7.13. The normalized spacial score (nSPS) is 17.2. The zero-order chi connectivity index (χ0) is 18.9. The van der Waals surface area contributed by atoms with Gasteiger partial charge in [0.05, 0.1) is 29.1 Å². The second-order valence-electron chi connectivity index (χ2n) is 5.40. The summed E-state index contributed by atoms with van der Waals surface area (Å²) < 4.78 is 19.1. The van der Waals surface area contributed by atoms with Crippen molar-refractivity contribution in [2.45, 2.75) is 19.8 Å². The van der Waals surface area contributed by atoms with Gasteiger partial charge in [-0.25, -0.2) is 14.0 Å². The van der Waals surface area contributed by atoms with Crippen LogP contribution >= 0.6 is 0 Å². The fourth-order valence-corrected chi connectivity index (χ4v) is 2.83. The average Bonchev–Trinajstić information content (AvgIpc) is 2.53. The lowest BCUT2D eigenvalue weighted by atomic mass is 9.80. The highest BCUT2D eigenvalue weighted by atomic mass is 19.1. The number of hydrogen-bond acceptors (Lipinski definition) is 6. The van der Waals surface area contributed by atoms with Crippen molar-refractivity contribution >= 4 is 17.6 Å². The molecule has 8 nitrogen and oxygen atoms in total. The van der Waals surface area contributed by atoms with E-state index in [0.717, 1.165) is 25.3 Å². The van der Waals surface area contributed by atoms with E-state index >= 15 is 0 Å². The van der Waals surface area contributed by atoms with Gasteiger partial charge in [0.15, 0.2) is 0 Å². The van der Waals surface area contributed by atoms with Gasteiger partial charge < -0.3 is 15.2 Å². The molecule has 1 heterocycles. The van der Waals surface area contributed by atoms with Crippen molar-refractivity contribution in [2.24, 2.45) is 0 Å². The first-order valence-electron chi connectivity index (χ1n) is 7.13. The molecule has 0 spiro atoms. The van der Waals surface area contributed by atoms with Gasteiger partial charge in [-0.05, 0) is 19.9 Å². The molecule has 0 bridgehead atoms. The van der Waals surface area contributed by atoms with E-state index in [4.69, 9.17) is 0 Å². The molecule has 0 amide bonds. The van der Waals surface area contributed by atoms with Gasteiger partial charge in [-0.15, -0.1) is 0 Å². The number of aliphatic carboxylic acids is 1. The summed E-state index contributed by atoms with van der Waals surface area (Å²) in [6.45, 7) is 2.97. The topological polar surface area (TPSA) is 119 Å². The number of non-ortho nitro benzene ring substituents is 1. The summed E-state index contributed by atoms with van der Waals surface area (Å²) in [6, 6.07) is 2.76. The van der Waals surface area contributed by atoms with Crippen molar-refractivity contribution in [1.29, 1.82) is 0 Å². The van der Waals surface area contributed by atoms with Crippen molar-refractivity contribution in [3.8, 4) is 0 Å². The molecule has 2 N–H and O–H groups in total. The first-order chi connectivity index (χ1) is 11.7. The van der Waals surface area contributed by atoms with Gasteiger partial charge in [0.1, 0.15) is 5.82 Å². The number of carboxylic acid groups (broad SMARTS) is 1. The number of nitro benzene ring substituents is 1. The summed E-state index contributed by atoms with van der Waals surface area (Å²) in [6.07, 6.45) is 0. The van der Waals surface area contributed by atoms with Crippen molar-refractivity contribution in [1.82, 2.24) is 5.32 Å². The van der Waals surface area contributed by atoms with Gasteiger partial charge in [0.2, 0.25) is 0 Å². The van der Waals surface area contributed by atoms with Crippen LogP contribution in [0, 0.1) is 15.9 Å². The van der Waals surface area contributed by atoms with Gasteiger partial charge in [0.25, 0.3) is 5.69 Å². The fraction of sp³-hybridized carbons (Fsp3) is 0.250. The predicted molar refractivity (Wildman–Crippen MR) is 84.0 cm³/mol. The molecule has 2 rings (SSSR count). The Labute approximate surface area is 141 Å². The molecule has 0 aliphatic carbocycles. The number of dihydropyridines is 1. The number of halogens is 1. The number of carbonyl (C=O) groups is 2. The number of nitrogens with one attached hydrogen (secondary N) is 1. The van der Waals surface area contributed by atoms with E-state index in [2.05, 4.69) is 10.1 Å². The third-order valence-electron chi connectivity index (χ3n) is 3.90. The second-order valence-corrected chi connectivity index (χ2v) is 5.40. The maximum Gasteiger partial charge on any atom is 0.336 e. The number of carboxylic acids is 1. The number of nitro groups is 1. The van der Waals surface area contributed by atoms with Gasteiger partial charge in [-0.3, -0.25) is 10.1 Å². The number of hydrogen-bond donors (Lipinski definition) is 2. The minimum absolute atomic E-state index is 0.120.